The summed E-state index contributed by atoms with van der Waals surface area (Å²) in [5.41, 5.74) is 2.20. The smallest absolute Gasteiger partial charge is 0.344 e. The van der Waals surface area contributed by atoms with Gasteiger partial charge in [-0.15, -0.1) is 0 Å². The van der Waals surface area contributed by atoms with Gasteiger partial charge in [-0.3, -0.25) is 0 Å². The van der Waals surface area contributed by atoms with Gasteiger partial charge in [0.05, 0.1) is 0 Å². The number of carbonyl (C=O) groups is 1. The highest BCUT2D eigenvalue weighted by molar-refractivity contribution is 5.72. The molecule has 0 aliphatic heterocycles. The lowest BCUT2D eigenvalue weighted by molar-refractivity contribution is -0.145. The van der Waals surface area contributed by atoms with E-state index in [-0.39, 0.29) is 0 Å². The minimum absolute atomic E-state index is 0.440. The summed E-state index contributed by atoms with van der Waals surface area (Å²) in [4.78, 5) is 10.9. The first-order valence-electron chi connectivity index (χ1n) is 6.25. The average molecular weight is 256 g/mol. The Labute approximate surface area is 112 Å². The number of benzene rings is 2. The summed E-state index contributed by atoms with van der Waals surface area (Å²) < 4.78 is 5.42. The fraction of sp³-hybridized carbons (Fsp3) is 0.188. The molecule has 2 aromatic carbocycles. The van der Waals surface area contributed by atoms with Crippen LogP contribution >= 0.6 is 0 Å². The summed E-state index contributed by atoms with van der Waals surface area (Å²) in [6, 6.07) is 17.5. The van der Waals surface area contributed by atoms with Crippen molar-refractivity contribution in [3.05, 3.63) is 54.6 Å². The van der Waals surface area contributed by atoms with Crippen molar-refractivity contribution in [3.63, 3.8) is 0 Å². The molecular weight excluding hydrogens is 240 g/mol. The second-order valence-electron chi connectivity index (χ2n) is 4.24. The van der Waals surface area contributed by atoms with Crippen molar-refractivity contribution < 1.29 is 14.6 Å². The number of rotatable bonds is 5. The maximum Gasteiger partial charge on any atom is 0.344 e. The van der Waals surface area contributed by atoms with Crippen LogP contribution in [0.15, 0.2) is 54.6 Å². The summed E-state index contributed by atoms with van der Waals surface area (Å²) >= 11 is 0. The quantitative estimate of drug-likeness (QED) is 0.889. The minimum atomic E-state index is -0.936. The van der Waals surface area contributed by atoms with E-state index in [1.807, 2.05) is 42.5 Å². The molecule has 19 heavy (non-hydrogen) atoms. The number of aliphatic carboxylic acids is 1. The maximum absolute atomic E-state index is 10.9. The van der Waals surface area contributed by atoms with Crippen molar-refractivity contribution in [3.8, 4) is 16.9 Å². The van der Waals surface area contributed by atoms with E-state index in [0.29, 0.717) is 12.2 Å². The van der Waals surface area contributed by atoms with Gasteiger partial charge in [0.1, 0.15) is 5.75 Å². The number of hydrogen-bond acceptors (Lipinski definition) is 2. The van der Waals surface area contributed by atoms with Crippen molar-refractivity contribution in [2.24, 2.45) is 0 Å². The van der Waals surface area contributed by atoms with Crippen molar-refractivity contribution >= 4 is 5.97 Å². The molecule has 3 nitrogen and oxygen atoms in total. The number of carboxylic acids is 1. The summed E-state index contributed by atoms with van der Waals surface area (Å²) in [7, 11) is 0. The van der Waals surface area contributed by atoms with Crippen molar-refractivity contribution in [1.82, 2.24) is 0 Å². The van der Waals surface area contributed by atoms with Gasteiger partial charge in [-0.25, -0.2) is 4.79 Å². The van der Waals surface area contributed by atoms with Crippen molar-refractivity contribution in [1.29, 1.82) is 0 Å². The Morgan fingerprint density at radius 1 is 1.05 bits per heavy atom. The fourth-order valence-corrected chi connectivity index (χ4v) is 1.83. The van der Waals surface area contributed by atoms with Gasteiger partial charge in [-0.2, -0.15) is 0 Å². The predicted octanol–water partition coefficient (Wildman–Crippen LogP) is 3.60. The van der Waals surface area contributed by atoms with E-state index in [1.54, 1.807) is 19.1 Å². The lowest BCUT2D eigenvalue weighted by atomic mass is 10.1. The Hall–Kier alpha value is -2.29. The van der Waals surface area contributed by atoms with E-state index in [4.69, 9.17) is 9.84 Å². The summed E-state index contributed by atoms with van der Waals surface area (Å²) in [5.74, 6) is -0.358. The second-order valence-corrected chi connectivity index (χ2v) is 4.24. The zero-order valence-electron chi connectivity index (χ0n) is 10.7. The third kappa shape index (κ3) is 3.35. The SMILES string of the molecule is CC[C@H](Oc1ccc(-c2ccccc2)cc1)C(=O)O. The Balaban J connectivity index is 2.13. The third-order valence-electron chi connectivity index (χ3n) is 2.89. The van der Waals surface area contributed by atoms with E-state index in [9.17, 15) is 4.79 Å². The monoisotopic (exact) mass is 256 g/mol. The molecule has 0 bridgehead atoms. The van der Waals surface area contributed by atoms with Gasteiger partial charge < -0.3 is 9.84 Å². The Morgan fingerprint density at radius 3 is 2.16 bits per heavy atom. The molecule has 0 aliphatic carbocycles. The molecule has 0 unspecified atom stereocenters. The molecule has 0 spiro atoms. The van der Waals surface area contributed by atoms with Crippen molar-refractivity contribution in [2.45, 2.75) is 19.4 Å². The van der Waals surface area contributed by atoms with Crippen LogP contribution in [0.5, 0.6) is 5.75 Å². The molecule has 98 valence electrons. The van der Waals surface area contributed by atoms with Gasteiger partial charge in [-0.1, -0.05) is 49.4 Å². The van der Waals surface area contributed by atoms with Crippen LogP contribution in [0, 0.1) is 0 Å². The van der Waals surface area contributed by atoms with Gasteiger partial charge in [0, 0.05) is 0 Å². The first-order valence-corrected chi connectivity index (χ1v) is 6.25. The summed E-state index contributed by atoms with van der Waals surface area (Å²) in [5, 5.41) is 8.94. The zero-order chi connectivity index (χ0) is 13.7. The van der Waals surface area contributed by atoms with E-state index < -0.39 is 12.1 Å². The van der Waals surface area contributed by atoms with E-state index in [0.717, 1.165) is 11.1 Å². The standard InChI is InChI=1S/C16H16O3/c1-2-15(16(17)18)19-14-10-8-13(9-11-14)12-6-4-3-5-7-12/h3-11,15H,2H2,1H3,(H,17,18)/t15-/m0/s1. The highest BCUT2D eigenvalue weighted by Gasteiger charge is 2.16. The Kier molecular flexibility index (Phi) is 4.18. The first-order chi connectivity index (χ1) is 9.20. The van der Waals surface area contributed by atoms with Crippen LogP contribution in [0.3, 0.4) is 0 Å². The number of ether oxygens (including phenoxy) is 1. The molecule has 0 fully saturated rings. The van der Waals surface area contributed by atoms with Crippen LogP contribution in [-0.2, 0) is 4.79 Å². The zero-order valence-corrected chi connectivity index (χ0v) is 10.7. The largest absolute Gasteiger partial charge is 0.479 e. The molecular formula is C16H16O3. The van der Waals surface area contributed by atoms with E-state index in [1.165, 1.54) is 0 Å². The van der Waals surface area contributed by atoms with E-state index >= 15 is 0 Å². The van der Waals surface area contributed by atoms with Crippen LogP contribution in [0.1, 0.15) is 13.3 Å². The lowest BCUT2D eigenvalue weighted by Gasteiger charge is -2.13. The molecule has 0 saturated carbocycles. The van der Waals surface area contributed by atoms with Gasteiger partial charge >= 0.3 is 5.97 Å². The second kappa shape index (κ2) is 6.05. The van der Waals surface area contributed by atoms with Crippen LogP contribution in [0.2, 0.25) is 0 Å². The highest BCUT2D eigenvalue weighted by atomic mass is 16.5. The summed E-state index contributed by atoms with van der Waals surface area (Å²) in [6.07, 6.45) is -0.349. The molecule has 1 N–H and O–H groups in total. The third-order valence-corrected chi connectivity index (χ3v) is 2.89. The topological polar surface area (TPSA) is 46.5 Å². The summed E-state index contributed by atoms with van der Waals surface area (Å²) in [6.45, 7) is 1.79. The molecule has 2 rings (SSSR count). The molecule has 0 aromatic heterocycles. The number of carboxylic acid groups (broad SMARTS) is 1. The van der Waals surface area contributed by atoms with Crippen LogP contribution in [0.25, 0.3) is 11.1 Å². The van der Waals surface area contributed by atoms with Gasteiger partial charge in [0.25, 0.3) is 0 Å². The predicted molar refractivity (Wildman–Crippen MR) is 74.2 cm³/mol. The van der Waals surface area contributed by atoms with Crippen molar-refractivity contribution in [2.75, 3.05) is 0 Å². The Bertz CT molecular complexity index is 532. The van der Waals surface area contributed by atoms with Gasteiger partial charge in [0.2, 0.25) is 0 Å². The number of hydrogen-bond donors (Lipinski definition) is 1. The molecule has 0 amide bonds. The first kappa shape index (κ1) is 13.1. The molecule has 0 saturated heterocycles. The van der Waals surface area contributed by atoms with E-state index in [2.05, 4.69) is 0 Å². The lowest BCUT2D eigenvalue weighted by Crippen LogP contribution is -2.25. The normalized spacial score (nSPS) is 11.8. The molecule has 2 aromatic rings. The van der Waals surface area contributed by atoms with Gasteiger partial charge in [0.15, 0.2) is 6.10 Å². The van der Waals surface area contributed by atoms with Gasteiger partial charge in [-0.05, 0) is 29.7 Å². The molecule has 0 heterocycles. The van der Waals surface area contributed by atoms with Crippen LogP contribution < -0.4 is 4.74 Å². The fourth-order valence-electron chi connectivity index (χ4n) is 1.83. The molecule has 0 radical (unpaired) electrons. The van der Waals surface area contributed by atoms with Crippen LogP contribution in [0.4, 0.5) is 0 Å². The minimum Gasteiger partial charge on any atom is -0.479 e. The molecule has 0 aliphatic rings. The molecule has 3 heteroatoms. The van der Waals surface area contributed by atoms with Crippen LogP contribution in [-0.4, -0.2) is 17.2 Å². The highest BCUT2D eigenvalue weighted by Crippen LogP contribution is 2.22. The maximum atomic E-state index is 10.9. The molecule has 1 atom stereocenters. The Morgan fingerprint density at radius 2 is 1.63 bits per heavy atom. The average Bonchev–Trinajstić information content (AvgIpc) is 2.46.